The molecule has 0 aromatic heterocycles. The van der Waals surface area contributed by atoms with E-state index in [1.165, 1.54) is 51.4 Å². The molecule has 33 heavy (non-hydrogen) atoms. The van der Waals surface area contributed by atoms with Gasteiger partial charge < -0.3 is 18.9 Å². The van der Waals surface area contributed by atoms with Gasteiger partial charge >= 0.3 is 11.9 Å². The molecule has 0 bridgehead atoms. The summed E-state index contributed by atoms with van der Waals surface area (Å²) in [4.78, 5) is 23.2. The number of rotatable bonds is 19. The topological polar surface area (TPSA) is 71.1 Å². The summed E-state index contributed by atoms with van der Waals surface area (Å²) in [7, 11) is 0. The van der Waals surface area contributed by atoms with Crippen molar-refractivity contribution >= 4 is 11.9 Å². The molecule has 1 aliphatic rings. The Morgan fingerprint density at radius 3 is 1.70 bits per heavy atom. The molecule has 0 N–H and O–H groups in total. The second-order valence-corrected chi connectivity index (χ2v) is 8.57. The first kappa shape index (κ1) is 27.5. The van der Waals surface area contributed by atoms with E-state index in [-0.39, 0.29) is 0 Å². The van der Waals surface area contributed by atoms with Crippen LogP contribution in [0.2, 0.25) is 0 Å². The SMILES string of the molecule is CCOC(CCCCCCCCCCCCc1ccc2c(c1)C(=O)OC2=O)(OCC)OCC. The second-order valence-electron chi connectivity index (χ2n) is 8.57. The molecule has 186 valence electrons. The van der Waals surface area contributed by atoms with Crippen molar-refractivity contribution in [2.75, 3.05) is 19.8 Å². The minimum atomic E-state index is -0.862. The van der Waals surface area contributed by atoms with E-state index in [1.807, 2.05) is 32.9 Å². The molecule has 0 spiro atoms. The Hall–Kier alpha value is -1.76. The number of unbranched alkanes of at least 4 members (excludes halogenated alkanes) is 9. The van der Waals surface area contributed by atoms with E-state index in [9.17, 15) is 9.59 Å². The van der Waals surface area contributed by atoms with Gasteiger partial charge in [0.05, 0.1) is 11.1 Å². The molecule has 0 fully saturated rings. The molecule has 0 saturated carbocycles. The average Bonchev–Trinajstić information content (AvgIpc) is 3.08. The molecule has 0 atom stereocenters. The van der Waals surface area contributed by atoms with Crippen molar-refractivity contribution in [3.05, 3.63) is 34.9 Å². The number of ether oxygens (including phenoxy) is 4. The Morgan fingerprint density at radius 1 is 0.667 bits per heavy atom. The first-order valence-corrected chi connectivity index (χ1v) is 12.9. The molecular weight excluding hydrogens is 420 g/mol. The number of carbonyl (C=O) groups excluding carboxylic acids is 2. The maximum Gasteiger partial charge on any atom is 0.346 e. The third-order valence-corrected chi connectivity index (χ3v) is 6.00. The van der Waals surface area contributed by atoms with Crippen LogP contribution in [0, 0.1) is 0 Å². The molecule has 0 amide bonds. The average molecular weight is 463 g/mol. The van der Waals surface area contributed by atoms with Crippen LogP contribution >= 0.6 is 0 Å². The lowest BCUT2D eigenvalue weighted by molar-refractivity contribution is -0.380. The van der Waals surface area contributed by atoms with Crippen molar-refractivity contribution in [1.82, 2.24) is 0 Å². The van der Waals surface area contributed by atoms with E-state index in [4.69, 9.17) is 14.2 Å². The molecular formula is C27H42O6. The lowest BCUT2D eigenvalue weighted by Gasteiger charge is -2.32. The summed E-state index contributed by atoms with van der Waals surface area (Å²) in [6, 6.07) is 5.45. The predicted octanol–water partition coefficient (Wildman–Crippen LogP) is 6.59. The molecule has 0 unspecified atom stereocenters. The Kier molecular flexibility index (Phi) is 12.7. The van der Waals surface area contributed by atoms with Crippen LogP contribution in [0.15, 0.2) is 18.2 Å². The number of benzene rings is 1. The molecule has 0 saturated heterocycles. The lowest BCUT2D eigenvalue weighted by Crippen LogP contribution is -2.39. The Morgan fingerprint density at radius 2 is 1.15 bits per heavy atom. The first-order chi connectivity index (χ1) is 16.0. The summed E-state index contributed by atoms with van der Waals surface area (Å²) in [5, 5.41) is 0. The monoisotopic (exact) mass is 462 g/mol. The van der Waals surface area contributed by atoms with Gasteiger partial charge in [-0.1, -0.05) is 57.4 Å². The third-order valence-electron chi connectivity index (χ3n) is 6.00. The van der Waals surface area contributed by atoms with Crippen LogP contribution in [0.1, 0.15) is 118 Å². The zero-order valence-electron chi connectivity index (χ0n) is 20.8. The first-order valence-electron chi connectivity index (χ1n) is 12.9. The van der Waals surface area contributed by atoms with Gasteiger partial charge in [-0.25, -0.2) is 9.59 Å². The maximum atomic E-state index is 11.7. The Balaban J connectivity index is 1.48. The smallest absolute Gasteiger partial charge is 0.346 e. The van der Waals surface area contributed by atoms with E-state index in [0.717, 1.165) is 31.2 Å². The fraction of sp³-hybridized carbons (Fsp3) is 0.704. The fourth-order valence-corrected chi connectivity index (χ4v) is 4.37. The minimum Gasteiger partial charge on any atom is -0.386 e. The molecule has 1 aromatic carbocycles. The largest absolute Gasteiger partial charge is 0.386 e. The van der Waals surface area contributed by atoms with Gasteiger partial charge in [-0.05, 0) is 57.7 Å². The van der Waals surface area contributed by atoms with Gasteiger partial charge in [-0.2, -0.15) is 0 Å². The Bertz CT molecular complexity index is 712. The number of carbonyl (C=O) groups is 2. The van der Waals surface area contributed by atoms with Crippen molar-refractivity contribution in [1.29, 1.82) is 0 Å². The van der Waals surface area contributed by atoms with Crippen LogP contribution in [0.5, 0.6) is 0 Å². The molecule has 0 radical (unpaired) electrons. The van der Waals surface area contributed by atoms with Crippen molar-refractivity contribution in [2.45, 2.75) is 104 Å². The van der Waals surface area contributed by atoms with Gasteiger partial charge in [-0.3, -0.25) is 0 Å². The van der Waals surface area contributed by atoms with E-state index >= 15 is 0 Å². The number of cyclic esters (lactones) is 2. The van der Waals surface area contributed by atoms with Gasteiger partial charge in [0.1, 0.15) is 0 Å². The molecule has 1 aromatic rings. The highest BCUT2D eigenvalue weighted by atomic mass is 16.9. The highest BCUT2D eigenvalue weighted by Crippen LogP contribution is 2.25. The fourth-order valence-electron chi connectivity index (χ4n) is 4.37. The van der Waals surface area contributed by atoms with E-state index in [0.29, 0.717) is 30.9 Å². The van der Waals surface area contributed by atoms with E-state index < -0.39 is 17.9 Å². The Labute approximate surface area is 199 Å². The molecule has 2 rings (SSSR count). The van der Waals surface area contributed by atoms with Crippen molar-refractivity contribution in [2.24, 2.45) is 0 Å². The summed E-state index contributed by atoms with van der Waals surface area (Å²) in [6.07, 6.45) is 13.8. The van der Waals surface area contributed by atoms with Crippen LogP contribution in [-0.4, -0.2) is 37.7 Å². The third kappa shape index (κ3) is 9.19. The molecule has 0 aliphatic carbocycles. The van der Waals surface area contributed by atoms with E-state index in [1.54, 1.807) is 6.07 Å². The number of hydrogen-bond acceptors (Lipinski definition) is 6. The maximum absolute atomic E-state index is 11.7. The highest BCUT2D eigenvalue weighted by molar-refractivity contribution is 6.14. The standard InChI is InChI=1S/C27H42O6/c1-4-30-27(31-5-2,32-6-3)20-16-14-12-10-8-7-9-11-13-15-17-22-18-19-23-24(21-22)26(29)33-25(23)28/h18-19,21H,4-17,20H2,1-3H3. The highest BCUT2D eigenvalue weighted by Gasteiger charge is 2.31. The van der Waals surface area contributed by atoms with Crippen molar-refractivity contribution in [3.8, 4) is 0 Å². The van der Waals surface area contributed by atoms with Crippen LogP contribution in [-0.2, 0) is 25.4 Å². The minimum absolute atomic E-state index is 0.390. The molecule has 1 aliphatic heterocycles. The second kappa shape index (κ2) is 15.2. The van der Waals surface area contributed by atoms with Crippen molar-refractivity contribution < 1.29 is 28.5 Å². The summed E-state index contributed by atoms with van der Waals surface area (Å²) < 4.78 is 22.0. The quantitative estimate of drug-likeness (QED) is 0.0999. The number of esters is 2. The van der Waals surface area contributed by atoms with Gasteiger partial charge in [0.15, 0.2) is 0 Å². The van der Waals surface area contributed by atoms with Gasteiger partial charge in [-0.15, -0.1) is 0 Å². The van der Waals surface area contributed by atoms with Crippen LogP contribution < -0.4 is 0 Å². The lowest BCUT2D eigenvalue weighted by atomic mass is 10.0. The van der Waals surface area contributed by atoms with Crippen LogP contribution in [0.4, 0.5) is 0 Å². The summed E-state index contributed by atoms with van der Waals surface area (Å²) in [6.45, 7) is 7.68. The number of hydrogen-bond donors (Lipinski definition) is 0. The number of fused-ring (bicyclic) bond motifs is 1. The van der Waals surface area contributed by atoms with Crippen LogP contribution in [0.3, 0.4) is 0 Å². The zero-order chi connectivity index (χ0) is 23.9. The summed E-state index contributed by atoms with van der Waals surface area (Å²) in [5.74, 6) is -1.91. The van der Waals surface area contributed by atoms with E-state index in [2.05, 4.69) is 4.74 Å². The summed E-state index contributed by atoms with van der Waals surface area (Å²) >= 11 is 0. The molecule has 1 heterocycles. The van der Waals surface area contributed by atoms with Crippen LogP contribution in [0.25, 0.3) is 0 Å². The normalized spacial score (nSPS) is 13.4. The molecule has 6 nitrogen and oxygen atoms in total. The van der Waals surface area contributed by atoms with Gasteiger partial charge in [0, 0.05) is 26.2 Å². The number of aryl methyl sites for hydroxylation is 1. The predicted molar refractivity (Wildman–Crippen MR) is 128 cm³/mol. The van der Waals surface area contributed by atoms with Gasteiger partial charge in [0.2, 0.25) is 0 Å². The van der Waals surface area contributed by atoms with Gasteiger partial charge in [0.25, 0.3) is 5.97 Å². The zero-order valence-corrected chi connectivity index (χ0v) is 20.8. The van der Waals surface area contributed by atoms with Crippen molar-refractivity contribution in [3.63, 3.8) is 0 Å². The summed E-state index contributed by atoms with van der Waals surface area (Å²) in [5.41, 5.74) is 1.90. The molecule has 6 heteroatoms.